The number of nitrogens with two attached hydrogens (primary N) is 1. The van der Waals surface area contributed by atoms with E-state index in [1.54, 1.807) is 11.7 Å². The number of nitrogen functional groups attached to an aromatic ring is 1. The second-order valence-corrected chi connectivity index (χ2v) is 5.51. The highest BCUT2D eigenvalue weighted by Gasteiger charge is 2.30. The van der Waals surface area contributed by atoms with Gasteiger partial charge in [0.2, 0.25) is 0 Å². The van der Waals surface area contributed by atoms with E-state index in [0.717, 1.165) is 24.1 Å². The molecule has 2 aromatic rings. The van der Waals surface area contributed by atoms with Crippen LogP contribution in [0.5, 0.6) is 0 Å². The normalized spacial score (nSPS) is 12.1. The molecule has 0 unspecified atom stereocenters. The highest BCUT2D eigenvalue weighted by molar-refractivity contribution is 5.68. The molecule has 1 aromatic carbocycles. The van der Waals surface area contributed by atoms with Crippen LogP contribution >= 0.6 is 0 Å². The van der Waals surface area contributed by atoms with E-state index < -0.39 is 11.7 Å². The number of rotatable bonds is 3. The third-order valence-electron chi connectivity index (χ3n) is 3.29. The Labute approximate surface area is 121 Å². The zero-order chi connectivity index (χ0) is 15.8. The van der Waals surface area contributed by atoms with Crippen LogP contribution in [0.4, 0.5) is 19.0 Å². The van der Waals surface area contributed by atoms with E-state index in [2.05, 4.69) is 18.9 Å². The largest absolute Gasteiger partial charge is 0.416 e. The SMILES string of the molecule is CC(C)Cc1c(-c2ccc(C(F)(F)F)cc2)nn(C)c1N. The number of benzene rings is 1. The number of anilines is 1. The third-order valence-corrected chi connectivity index (χ3v) is 3.29. The zero-order valence-corrected chi connectivity index (χ0v) is 12.2. The van der Waals surface area contributed by atoms with Crippen molar-refractivity contribution in [3.63, 3.8) is 0 Å². The lowest BCUT2D eigenvalue weighted by atomic mass is 9.98. The number of hydrogen-bond acceptors (Lipinski definition) is 2. The lowest BCUT2D eigenvalue weighted by molar-refractivity contribution is -0.137. The Kier molecular flexibility index (Phi) is 3.98. The molecule has 0 fully saturated rings. The maximum atomic E-state index is 12.6. The van der Waals surface area contributed by atoms with Crippen LogP contribution in [-0.2, 0) is 19.6 Å². The molecule has 0 atom stereocenters. The molecule has 0 radical (unpaired) electrons. The van der Waals surface area contributed by atoms with Crippen molar-refractivity contribution in [3.8, 4) is 11.3 Å². The van der Waals surface area contributed by atoms with Crippen molar-refractivity contribution >= 4 is 5.82 Å². The molecule has 0 aliphatic carbocycles. The average molecular weight is 297 g/mol. The molecule has 1 aromatic heterocycles. The van der Waals surface area contributed by atoms with Crippen molar-refractivity contribution in [2.24, 2.45) is 13.0 Å². The predicted molar refractivity (Wildman–Crippen MR) is 76.6 cm³/mol. The minimum Gasteiger partial charge on any atom is -0.384 e. The van der Waals surface area contributed by atoms with Gasteiger partial charge in [0, 0.05) is 18.2 Å². The van der Waals surface area contributed by atoms with Crippen molar-refractivity contribution in [2.45, 2.75) is 26.4 Å². The molecule has 0 aliphatic rings. The van der Waals surface area contributed by atoms with Crippen molar-refractivity contribution in [3.05, 3.63) is 35.4 Å². The van der Waals surface area contributed by atoms with Crippen LogP contribution in [0.3, 0.4) is 0 Å². The van der Waals surface area contributed by atoms with E-state index in [9.17, 15) is 13.2 Å². The van der Waals surface area contributed by atoms with Crippen LogP contribution < -0.4 is 5.73 Å². The summed E-state index contributed by atoms with van der Waals surface area (Å²) in [5.74, 6) is 0.934. The van der Waals surface area contributed by atoms with E-state index >= 15 is 0 Å². The summed E-state index contributed by atoms with van der Waals surface area (Å²) in [7, 11) is 1.73. The topological polar surface area (TPSA) is 43.8 Å². The molecule has 1 heterocycles. The first-order valence-electron chi connectivity index (χ1n) is 6.69. The van der Waals surface area contributed by atoms with Gasteiger partial charge in [-0.15, -0.1) is 0 Å². The minimum atomic E-state index is -4.33. The smallest absolute Gasteiger partial charge is 0.384 e. The second-order valence-electron chi connectivity index (χ2n) is 5.51. The summed E-state index contributed by atoms with van der Waals surface area (Å²) in [6.45, 7) is 4.12. The lowest BCUT2D eigenvalue weighted by Gasteiger charge is -2.09. The summed E-state index contributed by atoms with van der Waals surface area (Å²) in [5, 5.41) is 4.34. The highest BCUT2D eigenvalue weighted by atomic mass is 19.4. The molecule has 0 spiro atoms. The van der Waals surface area contributed by atoms with Crippen molar-refractivity contribution < 1.29 is 13.2 Å². The molecular formula is C15H18F3N3. The van der Waals surface area contributed by atoms with Gasteiger partial charge >= 0.3 is 6.18 Å². The summed E-state index contributed by atoms with van der Waals surface area (Å²) in [6.07, 6.45) is -3.60. The molecule has 21 heavy (non-hydrogen) atoms. The molecular weight excluding hydrogens is 279 g/mol. The molecule has 0 saturated heterocycles. The summed E-state index contributed by atoms with van der Waals surface area (Å²) >= 11 is 0. The van der Waals surface area contributed by atoms with E-state index in [0.29, 0.717) is 23.0 Å². The van der Waals surface area contributed by atoms with Crippen molar-refractivity contribution in [1.82, 2.24) is 9.78 Å². The third kappa shape index (κ3) is 3.20. The van der Waals surface area contributed by atoms with Crippen LogP contribution in [0.1, 0.15) is 25.0 Å². The fraction of sp³-hybridized carbons (Fsp3) is 0.400. The minimum absolute atomic E-state index is 0.379. The lowest BCUT2D eigenvalue weighted by Crippen LogP contribution is -2.04. The fourth-order valence-electron chi connectivity index (χ4n) is 2.24. The Morgan fingerprint density at radius 3 is 2.24 bits per heavy atom. The molecule has 114 valence electrons. The first kappa shape index (κ1) is 15.4. The molecule has 0 aliphatic heterocycles. The zero-order valence-electron chi connectivity index (χ0n) is 12.2. The number of nitrogens with zero attached hydrogens (tertiary/aromatic N) is 2. The maximum Gasteiger partial charge on any atom is 0.416 e. The Morgan fingerprint density at radius 1 is 1.19 bits per heavy atom. The van der Waals surface area contributed by atoms with E-state index in [-0.39, 0.29) is 0 Å². The van der Waals surface area contributed by atoms with Gasteiger partial charge in [-0.2, -0.15) is 18.3 Å². The Bertz CT molecular complexity index is 625. The van der Waals surface area contributed by atoms with Crippen molar-refractivity contribution in [2.75, 3.05) is 5.73 Å². The molecule has 2 N–H and O–H groups in total. The molecule has 0 saturated carbocycles. The summed E-state index contributed by atoms with van der Waals surface area (Å²) in [6, 6.07) is 5.02. The van der Waals surface area contributed by atoms with Crippen LogP contribution in [0.25, 0.3) is 11.3 Å². The monoisotopic (exact) mass is 297 g/mol. The van der Waals surface area contributed by atoms with E-state index in [1.165, 1.54) is 12.1 Å². The first-order chi connectivity index (χ1) is 9.70. The number of halogens is 3. The van der Waals surface area contributed by atoms with Crippen LogP contribution in [0, 0.1) is 5.92 Å². The van der Waals surface area contributed by atoms with Crippen molar-refractivity contribution in [1.29, 1.82) is 0 Å². The highest BCUT2D eigenvalue weighted by Crippen LogP contribution is 2.33. The number of alkyl halides is 3. The average Bonchev–Trinajstić information content (AvgIpc) is 2.66. The quantitative estimate of drug-likeness (QED) is 0.934. The van der Waals surface area contributed by atoms with Gasteiger partial charge in [0.15, 0.2) is 0 Å². The molecule has 3 nitrogen and oxygen atoms in total. The molecule has 0 amide bonds. The van der Waals surface area contributed by atoms with Crippen LogP contribution in [-0.4, -0.2) is 9.78 Å². The van der Waals surface area contributed by atoms with Gasteiger partial charge in [0.1, 0.15) is 5.82 Å². The van der Waals surface area contributed by atoms with Gasteiger partial charge in [-0.05, 0) is 24.5 Å². The van der Waals surface area contributed by atoms with E-state index in [4.69, 9.17) is 5.73 Å². The van der Waals surface area contributed by atoms with Gasteiger partial charge in [-0.1, -0.05) is 26.0 Å². The van der Waals surface area contributed by atoms with Crippen LogP contribution in [0.2, 0.25) is 0 Å². The number of aryl methyl sites for hydroxylation is 1. The van der Waals surface area contributed by atoms with Gasteiger partial charge in [-0.25, -0.2) is 0 Å². The fourth-order valence-corrected chi connectivity index (χ4v) is 2.24. The van der Waals surface area contributed by atoms with Gasteiger partial charge in [-0.3, -0.25) is 4.68 Å². The summed E-state index contributed by atoms with van der Waals surface area (Å²) in [4.78, 5) is 0. The van der Waals surface area contributed by atoms with Gasteiger partial charge < -0.3 is 5.73 Å². The number of hydrogen-bond donors (Lipinski definition) is 1. The second kappa shape index (κ2) is 5.42. The predicted octanol–water partition coefficient (Wildman–Crippen LogP) is 3.89. The first-order valence-corrected chi connectivity index (χ1v) is 6.69. The Morgan fingerprint density at radius 2 is 1.76 bits per heavy atom. The van der Waals surface area contributed by atoms with Gasteiger partial charge in [0.05, 0.1) is 11.3 Å². The van der Waals surface area contributed by atoms with Crippen LogP contribution in [0.15, 0.2) is 24.3 Å². The Hall–Kier alpha value is -1.98. The molecule has 0 bridgehead atoms. The molecule has 6 heteroatoms. The maximum absolute atomic E-state index is 12.6. The van der Waals surface area contributed by atoms with E-state index in [1.807, 2.05) is 0 Å². The number of aromatic nitrogens is 2. The molecule has 2 rings (SSSR count). The Balaban J connectivity index is 2.44. The standard InChI is InChI=1S/C15H18F3N3/c1-9(2)8-12-13(20-21(3)14(12)19)10-4-6-11(7-5-10)15(16,17)18/h4-7,9H,8,19H2,1-3H3. The summed E-state index contributed by atoms with van der Waals surface area (Å²) < 4.78 is 39.4. The summed E-state index contributed by atoms with van der Waals surface area (Å²) in [5.41, 5.74) is 7.52. The van der Waals surface area contributed by atoms with Gasteiger partial charge in [0.25, 0.3) is 0 Å².